The molecule has 14 heavy (non-hydrogen) atoms. The zero-order chi connectivity index (χ0) is 10.2. The summed E-state index contributed by atoms with van der Waals surface area (Å²) < 4.78 is 0. The van der Waals surface area contributed by atoms with Gasteiger partial charge >= 0.3 is 0 Å². The summed E-state index contributed by atoms with van der Waals surface area (Å²) in [5.41, 5.74) is 2.04. The topological polar surface area (TPSA) is 17.1 Å². The molecule has 0 aromatic heterocycles. The van der Waals surface area contributed by atoms with Gasteiger partial charge in [-0.3, -0.25) is 4.79 Å². The molecule has 1 aliphatic carbocycles. The Morgan fingerprint density at radius 2 is 1.86 bits per heavy atom. The van der Waals surface area contributed by atoms with Crippen molar-refractivity contribution in [3.63, 3.8) is 0 Å². The molecular formula is C13H14O. The van der Waals surface area contributed by atoms with Gasteiger partial charge in [0.1, 0.15) is 0 Å². The predicted octanol–water partition coefficient (Wildman–Crippen LogP) is 2.78. The molecule has 0 radical (unpaired) electrons. The Labute approximate surface area is 84.5 Å². The van der Waals surface area contributed by atoms with Crippen LogP contribution >= 0.6 is 0 Å². The lowest BCUT2D eigenvalue weighted by Gasteiger charge is -2.22. The van der Waals surface area contributed by atoms with E-state index >= 15 is 0 Å². The molecule has 1 heteroatoms. The highest BCUT2D eigenvalue weighted by Crippen LogP contribution is 2.33. The average Bonchev–Trinajstić information content (AvgIpc) is 2.49. The van der Waals surface area contributed by atoms with Crippen molar-refractivity contribution in [1.29, 1.82) is 0 Å². The Balaban J connectivity index is 2.40. The van der Waals surface area contributed by atoms with E-state index in [0.717, 1.165) is 12.0 Å². The molecule has 0 unspecified atom stereocenters. The van der Waals surface area contributed by atoms with Crippen LogP contribution in [0, 0.1) is 6.92 Å². The SMILES string of the molecule is Cc1ccc([C@@]2(C)CC=CC2=O)cc1. The molecule has 0 bridgehead atoms. The van der Waals surface area contributed by atoms with Gasteiger partial charge in [-0.1, -0.05) is 35.9 Å². The van der Waals surface area contributed by atoms with Crippen LogP contribution in [-0.4, -0.2) is 5.78 Å². The second-order valence-corrected chi connectivity index (χ2v) is 4.17. The van der Waals surface area contributed by atoms with Gasteiger partial charge in [-0.05, 0) is 31.9 Å². The first-order valence-corrected chi connectivity index (χ1v) is 4.91. The van der Waals surface area contributed by atoms with Crippen LogP contribution in [0.1, 0.15) is 24.5 Å². The normalized spacial score (nSPS) is 25.7. The van der Waals surface area contributed by atoms with E-state index in [-0.39, 0.29) is 11.2 Å². The van der Waals surface area contributed by atoms with Gasteiger partial charge in [0.05, 0.1) is 5.41 Å². The largest absolute Gasteiger partial charge is 0.294 e. The van der Waals surface area contributed by atoms with Gasteiger partial charge in [0.25, 0.3) is 0 Å². The van der Waals surface area contributed by atoms with E-state index < -0.39 is 0 Å². The van der Waals surface area contributed by atoms with E-state index in [1.807, 2.05) is 13.0 Å². The standard InChI is InChI=1S/C13H14O/c1-10-5-7-11(8-6-10)13(2)9-3-4-12(13)14/h3-8H,9H2,1-2H3/t13-/m1/s1. The quantitative estimate of drug-likeness (QED) is 0.659. The van der Waals surface area contributed by atoms with Crippen LogP contribution < -0.4 is 0 Å². The number of benzene rings is 1. The van der Waals surface area contributed by atoms with Crippen LogP contribution in [0.3, 0.4) is 0 Å². The summed E-state index contributed by atoms with van der Waals surface area (Å²) in [7, 11) is 0. The molecule has 0 heterocycles. The summed E-state index contributed by atoms with van der Waals surface area (Å²) in [5.74, 6) is 0.223. The summed E-state index contributed by atoms with van der Waals surface area (Å²) in [6.45, 7) is 4.07. The molecule has 72 valence electrons. The van der Waals surface area contributed by atoms with Gasteiger partial charge in [-0.25, -0.2) is 0 Å². The van der Waals surface area contributed by atoms with Crippen molar-refractivity contribution in [2.75, 3.05) is 0 Å². The third kappa shape index (κ3) is 1.29. The highest BCUT2D eigenvalue weighted by molar-refractivity contribution is 6.01. The molecular weight excluding hydrogens is 172 g/mol. The Bertz CT molecular complexity index is 386. The van der Waals surface area contributed by atoms with E-state index in [2.05, 4.69) is 31.2 Å². The minimum atomic E-state index is -0.312. The molecule has 0 fully saturated rings. The maximum Gasteiger partial charge on any atom is 0.165 e. The van der Waals surface area contributed by atoms with Gasteiger partial charge in [0, 0.05) is 0 Å². The first-order valence-electron chi connectivity index (χ1n) is 4.91. The van der Waals surface area contributed by atoms with E-state index in [0.29, 0.717) is 0 Å². The Hall–Kier alpha value is -1.37. The Kier molecular flexibility index (Phi) is 2.03. The van der Waals surface area contributed by atoms with Gasteiger partial charge in [0.2, 0.25) is 0 Å². The fourth-order valence-electron chi connectivity index (χ4n) is 1.87. The number of hydrogen-bond donors (Lipinski definition) is 0. The minimum Gasteiger partial charge on any atom is -0.294 e. The number of ketones is 1. The number of carbonyl (C=O) groups excluding carboxylic acids is 1. The van der Waals surface area contributed by atoms with Crippen molar-refractivity contribution in [3.05, 3.63) is 47.5 Å². The molecule has 0 saturated carbocycles. The number of allylic oxidation sites excluding steroid dienone is 2. The monoisotopic (exact) mass is 186 g/mol. The van der Waals surface area contributed by atoms with Crippen molar-refractivity contribution >= 4 is 5.78 Å². The van der Waals surface area contributed by atoms with Gasteiger partial charge < -0.3 is 0 Å². The summed E-state index contributed by atoms with van der Waals surface area (Å²) in [5, 5.41) is 0. The lowest BCUT2D eigenvalue weighted by molar-refractivity contribution is -0.118. The molecule has 1 aromatic rings. The number of carbonyl (C=O) groups is 1. The molecule has 1 atom stereocenters. The molecule has 2 rings (SSSR count). The maximum atomic E-state index is 11.7. The number of aryl methyl sites for hydroxylation is 1. The smallest absolute Gasteiger partial charge is 0.165 e. The van der Waals surface area contributed by atoms with Crippen LogP contribution in [0.15, 0.2) is 36.4 Å². The summed E-state index contributed by atoms with van der Waals surface area (Å²) in [6.07, 6.45) is 4.48. The van der Waals surface area contributed by atoms with E-state index in [9.17, 15) is 4.79 Å². The first kappa shape index (κ1) is 9.20. The van der Waals surface area contributed by atoms with Crippen LogP contribution in [0.4, 0.5) is 0 Å². The summed E-state index contributed by atoms with van der Waals surface area (Å²) in [6, 6.07) is 8.23. The molecule has 0 aliphatic heterocycles. The molecule has 1 aliphatic rings. The van der Waals surface area contributed by atoms with Crippen molar-refractivity contribution in [3.8, 4) is 0 Å². The van der Waals surface area contributed by atoms with Gasteiger partial charge in [-0.2, -0.15) is 0 Å². The van der Waals surface area contributed by atoms with Crippen molar-refractivity contribution in [1.82, 2.24) is 0 Å². The Morgan fingerprint density at radius 1 is 1.21 bits per heavy atom. The minimum absolute atomic E-state index is 0.223. The zero-order valence-electron chi connectivity index (χ0n) is 8.58. The van der Waals surface area contributed by atoms with Crippen LogP contribution in [-0.2, 0) is 10.2 Å². The average molecular weight is 186 g/mol. The van der Waals surface area contributed by atoms with Gasteiger partial charge in [0.15, 0.2) is 5.78 Å². The zero-order valence-corrected chi connectivity index (χ0v) is 8.58. The molecule has 1 aromatic carbocycles. The molecule has 0 saturated heterocycles. The second-order valence-electron chi connectivity index (χ2n) is 4.17. The first-order chi connectivity index (χ1) is 6.63. The molecule has 1 nitrogen and oxygen atoms in total. The highest BCUT2D eigenvalue weighted by atomic mass is 16.1. The molecule has 0 N–H and O–H groups in total. The van der Waals surface area contributed by atoms with Crippen molar-refractivity contribution in [2.45, 2.75) is 25.7 Å². The third-order valence-corrected chi connectivity index (χ3v) is 3.03. The van der Waals surface area contributed by atoms with E-state index in [1.54, 1.807) is 6.08 Å². The van der Waals surface area contributed by atoms with Crippen LogP contribution in [0.5, 0.6) is 0 Å². The van der Waals surface area contributed by atoms with Crippen LogP contribution in [0.25, 0.3) is 0 Å². The van der Waals surface area contributed by atoms with Crippen molar-refractivity contribution < 1.29 is 4.79 Å². The van der Waals surface area contributed by atoms with Gasteiger partial charge in [-0.15, -0.1) is 0 Å². The summed E-state index contributed by atoms with van der Waals surface area (Å²) >= 11 is 0. The molecule has 0 spiro atoms. The number of rotatable bonds is 1. The third-order valence-electron chi connectivity index (χ3n) is 3.03. The highest BCUT2D eigenvalue weighted by Gasteiger charge is 2.35. The van der Waals surface area contributed by atoms with E-state index in [4.69, 9.17) is 0 Å². The molecule has 0 amide bonds. The lowest BCUT2D eigenvalue weighted by atomic mass is 9.79. The second kappa shape index (κ2) is 3.09. The van der Waals surface area contributed by atoms with E-state index in [1.165, 1.54) is 5.56 Å². The fraction of sp³-hybridized carbons (Fsp3) is 0.308. The van der Waals surface area contributed by atoms with Crippen LogP contribution in [0.2, 0.25) is 0 Å². The summed E-state index contributed by atoms with van der Waals surface area (Å²) in [4.78, 5) is 11.7. The Morgan fingerprint density at radius 3 is 2.36 bits per heavy atom. The lowest BCUT2D eigenvalue weighted by Crippen LogP contribution is -2.27. The number of hydrogen-bond acceptors (Lipinski definition) is 1. The predicted molar refractivity (Wildman–Crippen MR) is 57.3 cm³/mol. The fourth-order valence-corrected chi connectivity index (χ4v) is 1.87. The van der Waals surface area contributed by atoms with Crippen molar-refractivity contribution in [2.24, 2.45) is 0 Å². The maximum absolute atomic E-state index is 11.7.